The summed E-state index contributed by atoms with van der Waals surface area (Å²) in [6, 6.07) is 7.71. The van der Waals surface area contributed by atoms with Gasteiger partial charge in [0.25, 0.3) is 0 Å². The average molecular weight is 287 g/mol. The number of rotatable bonds is 3. The van der Waals surface area contributed by atoms with Crippen LogP contribution >= 0.6 is 0 Å². The summed E-state index contributed by atoms with van der Waals surface area (Å²) in [6.07, 6.45) is 0.769. The monoisotopic (exact) mass is 287 g/mol. The van der Waals surface area contributed by atoms with E-state index in [4.69, 9.17) is 0 Å². The van der Waals surface area contributed by atoms with Crippen LogP contribution in [0.1, 0.15) is 42.8 Å². The van der Waals surface area contributed by atoms with Gasteiger partial charge in [-0.3, -0.25) is 4.98 Å². The van der Waals surface area contributed by atoms with Gasteiger partial charge >= 0.3 is 0 Å². The third-order valence-corrected chi connectivity index (χ3v) is 3.57. The molecule has 0 saturated heterocycles. The van der Waals surface area contributed by atoms with Crippen LogP contribution in [0.4, 0.5) is 8.78 Å². The number of allylic oxidation sites excluding steroid dienone is 2. The highest BCUT2D eigenvalue weighted by Gasteiger charge is 2.12. The predicted octanol–water partition coefficient (Wildman–Crippen LogP) is 5.32. The first-order valence-corrected chi connectivity index (χ1v) is 7.03. The number of hydrogen-bond acceptors (Lipinski definition) is 1. The number of pyridine rings is 1. The fourth-order valence-electron chi connectivity index (χ4n) is 2.65. The maximum Gasteiger partial charge on any atom is 0.133 e. The Hall–Kier alpha value is -2.03. The molecule has 0 spiro atoms. The van der Waals surface area contributed by atoms with Crippen LogP contribution < -0.4 is 0 Å². The van der Waals surface area contributed by atoms with E-state index in [0.717, 1.165) is 40.6 Å². The van der Waals surface area contributed by atoms with Crippen molar-refractivity contribution in [2.75, 3.05) is 0 Å². The highest BCUT2D eigenvalue weighted by atomic mass is 19.1. The summed E-state index contributed by atoms with van der Waals surface area (Å²) in [4.78, 5) is 4.37. The van der Waals surface area contributed by atoms with Crippen LogP contribution in [0.15, 0.2) is 30.3 Å². The second kappa shape index (κ2) is 6.17. The van der Waals surface area contributed by atoms with Gasteiger partial charge in [-0.15, -0.1) is 0 Å². The number of hydrogen-bond donors (Lipinski definition) is 0. The predicted molar refractivity (Wildman–Crippen MR) is 82.8 cm³/mol. The third kappa shape index (κ3) is 3.35. The zero-order chi connectivity index (χ0) is 15.6. The van der Waals surface area contributed by atoms with E-state index in [1.807, 2.05) is 39.8 Å². The minimum absolute atomic E-state index is 0.445. The summed E-state index contributed by atoms with van der Waals surface area (Å²) in [5.74, 6) is -1.08. The molecule has 0 amide bonds. The van der Waals surface area contributed by atoms with Crippen molar-refractivity contribution in [1.82, 2.24) is 4.98 Å². The van der Waals surface area contributed by atoms with E-state index in [2.05, 4.69) is 4.98 Å². The van der Waals surface area contributed by atoms with Gasteiger partial charge in [0.2, 0.25) is 0 Å². The lowest BCUT2D eigenvalue weighted by Crippen LogP contribution is -1.96. The van der Waals surface area contributed by atoms with Crippen LogP contribution in [-0.4, -0.2) is 4.98 Å². The first kappa shape index (κ1) is 15.4. The van der Waals surface area contributed by atoms with Crippen LogP contribution in [0.3, 0.4) is 0 Å². The highest BCUT2D eigenvalue weighted by Crippen LogP contribution is 2.30. The normalized spacial score (nSPS) is 12.3. The Morgan fingerprint density at radius 2 is 1.67 bits per heavy atom. The van der Waals surface area contributed by atoms with Crippen LogP contribution in [0.25, 0.3) is 11.1 Å². The Bertz CT molecular complexity index is 682. The number of nitrogens with zero attached hydrogens (tertiary/aromatic N) is 1. The van der Waals surface area contributed by atoms with Crippen LogP contribution in [0, 0.1) is 25.5 Å². The second-order valence-electron chi connectivity index (χ2n) is 5.22. The average Bonchev–Trinajstić information content (AvgIpc) is 2.38. The smallest absolute Gasteiger partial charge is 0.133 e. The van der Waals surface area contributed by atoms with E-state index < -0.39 is 11.6 Å². The molecule has 1 nitrogen and oxygen atoms in total. The topological polar surface area (TPSA) is 12.9 Å². The Balaban J connectivity index is 2.61. The molecule has 21 heavy (non-hydrogen) atoms. The van der Waals surface area contributed by atoms with E-state index in [-0.39, 0.29) is 0 Å². The molecule has 2 aromatic rings. The number of halogens is 2. The molecule has 1 heterocycles. The molecule has 0 atom stereocenters. The first-order valence-electron chi connectivity index (χ1n) is 7.03. The molecule has 0 unspecified atom stereocenters. The maximum absolute atomic E-state index is 14.0. The molecule has 3 heteroatoms. The molecule has 2 rings (SSSR count). The Labute approximate surface area is 124 Å². The van der Waals surface area contributed by atoms with Gasteiger partial charge < -0.3 is 0 Å². The number of aromatic nitrogens is 1. The van der Waals surface area contributed by atoms with Gasteiger partial charge in [0, 0.05) is 23.0 Å². The van der Waals surface area contributed by atoms with Crippen LogP contribution in [-0.2, 0) is 0 Å². The minimum Gasteiger partial charge on any atom is -0.258 e. The molecule has 0 radical (unpaired) electrons. The fourth-order valence-corrected chi connectivity index (χ4v) is 2.65. The van der Waals surface area contributed by atoms with Gasteiger partial charge in [-0.05, 0) is 68.2 Å². The van der Waals surface area contributed by atoms with E-state index in [0.29, 0.717) is 5.56 Å². The zero-order valence-corrected chi connectivity index (χ0v) is 12.8. The van der Waals surface area contributed by atoms with E-state index in [1.165, 1.54) is 12.1 Å². The van der Waals surface area contributed by atoms with Crippen LogP contribution in [0.2, 0.25) is 0 Å². The van der Waals surface area contributed by atoms with Gasteiger partial charge in [0.15, 0.2) is 0 Å². The van der Waals surface area contributed by atoms with Crippen molar-refractivity contribution < 1.29 is 8.78 Å². The highest BCUT2D eigenvalue weighted by molar-refractivity contribution is 5.90. The summed E-state index contributed by atoms with van der Waals surface area (Å²) >= 11 is 0. The lowest BCUT2D eigenvalue weighted by molar-refractivity contribution is 0.581. The molecule has 0 bridgehead atoms. The fraction of sp³-hybridized carbons (Fsp3) is 0.278. The summed E-state index contributed by atoms with van der Waals surface area (Å²) in [7, 11) is 0. The van der Waals surface area contributed by atoms with Crippen molar-refractivity contribution in [3.8, 4) is 0 Å². The largest absolute Gasteiger partial charge is 0.258 e. The van der Waals surface area contributed by atoms with Crippen molar-refractivity contribution in [2.45, 2.75) is 34.1 Å². The SMILES string of the molecule is CC/C(=C(\C)c1ccc(F)cc1F)c1cc(C)nc(C)c1. The quantitative estimate of drug-likeness (QED) is 0.744. The third-order valence-electron chi connectivity index (χ3n) is 3.57. The summed E-state index contributed by atoms with van der Waals surface area (Å²) in [5.41, 5.74) is 5.24. The maximum atomic E-state index is 14.0. The molecule has 0 saturated carbocycles. The Morgan fingerprint density at radius 3 is 2.19 bits per heavy atom. The molecule has 0 aliphatic carbocycles. The lowest BCUT2D eigenvalue weighted by Gasteiger charge is -2.13. The van der Waals surface area contributed by atoms with Gasteiger partial charge in [0.05, 0.1) is 0 Å². The molecule has 0 aliphatic heterocycles. The van der Waals surface area contributed by atoms with Gasteiger partial charge in [-0.1, -0.05) is 6.92 Å². The molecule has 110 valence electrons. The number of aryl methyl sites for hydroxylation is 2. The van der Waals surface area contributed by atoms with Gasteiger partial charge in [-0.2, -0.15) is 0 Å². The molecule has 1 aromatic heterocycles. The molecule has 1 aromatic carbocycles. The summed E-state index contributed by atoms with van der Waals surface area (Å²) in [5, 5.41) is 0. The van der Waals surface area contributed by atoms with Crippen molar-refractivity contribution in [1.29, 1.82) is 0 Å². The molecule has 0 aliphatic rings. The van der Waals surface area contributed by atoms with E-state index in [1.54, 1.807) is 0 Å². The molecule has 0 fully saturated rings. The van der Waals surface area contributed by atoms with Gasteiger partial charge in [0.1, 0.15) is 11.6 Å². The zero-order valence-electron chi connectivity index (χ0n) is 12.8. The Morgan fingerprint density at radius 1 is 1.05 bits per heavy atom. The standard InChI is InChI=1S/C18H19F2N/c1-5-16(14-8-11(2)21-12(3)9-14)13(4)17-7-6-15(19)10-18(17)20/h6-10H,5H2,1-4H3/b16-13-. The first-order chi connectivity index (χ1) is 9.92. The van der Waals surface area contributed by atoms with Crippen molar-refractivity contribution in [3.05, 3.63) is 64.5 Å². The minimum atomic E-state index is -0.558. The second-order valence-corrected chi connectivity index (χ2v) is 5.22. The van der Waals surface area contributed by atoms with Crippen molar-refractivity contribution >= 4 is 11.1 Å². The van der Waals surface area contributed by atoms with Crippen molar-refractivity contribution in [3.63, 3.8) is 0 Å². The van der Waals surface area contributed by atoms with E-state index >= 15 is 0 Å². The Kier molecular flexibility index (Phi) is 4.51. The molecular formula is C18H19F2N. The lowest BCUT2D eigenvalue weighted by atomic mass is 9.93. The molecule has 0 N–H and O–H groups in total. The van der Waals surface area contributed by atoms with Crippen molar-refractivity contribution in [2.24, 2.45) is 0 Å². The summed E-state index contributed by atoms with van der Waals surface area (Å²) in [6.45, 7) is 7.79. The van der Waals surface area contributed by atoms with Crippen LogP contribution in [0.5, 0.6) is 0 Å². The summed E-state index contributed by atoms with van der Waals surface area (Å²) < 4.78 is 27.0. The van der Waals surface area contributed by atoms with E-state index in [9.17, 15) is 8.78 Å². The van der Waals surface area contributed by atoms with Gasteiger partial charge in [-0.25, -0.2) is 8.78 Å². The number of benzene rings is 1. The molecular weight excluding hydrogens is 268 g/mol.